The predicted octanol–water partition coefficient (Wildman–Crippen LogP) is 11.8. The van der Waals surface area contributed by atoms with E-state index in [0.717, 1.165) is 55.2 Å². The molecule has 0 bridgehead atoms. The van der Waals surface area contributed by atoms with Gasteiger partial charge in [0.25, 0.3) is 0 Å². The molecule has 12 nitrogen and oxygen atoms in total. The van der Waals surface area contributed by atoms with Crippen molar-refractivity contribution in [2.45, 2.75) is 92.9 Å². The number of rotatable bonds is 28. The Hall–Kier alpha value is -6.95. The second kappa shape index (κ2) is 27.6. The quantitative estimate of drug-likeness (QED) is 0.0175. The van der Waals surface area contributed by atoms with Crippen molar-refractivity contribution in [1.82, 2.24) is 0 Å². The first-order valence-electron chi connectivity index (χ1n) is 23.2. The molecular weight excluding hydrogens is 865 g/mol. The molecule has 0 heterocycles. The summed E-state index contributed by atoms with van der Waals surface area (Å²) in [5, 5.41) is 0. The van der Waals surface area contributed by atoms with Gasteiger partial charge < -0.3 is 33.2 Å². The van der Waals surface area contributed by atoms with Crippen LogP contribution in [0, 0.1) is 18.3 Å². The van der Waals surface area contributed by atoms with E-state index >= 15 is 0 Å². The third-order valence-electron chi connectivity index (χ3n) is 10.9. The molecule has 0 spiro atoms. The van der Waals surface area contributed by atoms with Crippen LogP contribution in [0.4, 0.5) is 0 Å². The van der Waals surface area contributed by atoms with Gasteiger partial charge in [-0.1, -0.05) is 83.2 Å². The van der Waals surface area contributed by atoms with E-state index in [1.807, 2.05) is 48.5 Å². The van der Waals surface area contributed by atoms with Crippen LogP contribution in [0.2, 0.25) is 0 Å². The summed E-state index contributed by atoms with van der Waals surface area (Å²) in [6.07, 6.45) is 9.50. The van der Waals surface area contributed by atoms with Gasteiger partial charge in [0.1, 0.15) is 36.2 Å². The Balaban J connectivity index is 1.22. The minimum Gasteiger partial charge on any atom is -0.494 e. The van der Waals surface area contributed by atoms with E-state index in [2.05, 4.69) is 20.1 Å². The lowest BCUT2D eigenvalue weighted by Gasteiger charge is -2.33. The Morgan fingerprint density at radius 3 is 1.78 bits per heavy atom. The van der Waals surface area contributed by atoms with Gasteiger partial charge in [0.2, 0.25) is 0 Å². The summed E-state index contributed by atoms with van der Waals surface area (Å²) in [6.45, 7) is 19.3. The number of ether oxygens (including phenoxy) is 7. The van der Waals surface area contributed by atoms with Crippen LogP contribution in [0.3, 0.4) is 0 Å². The van der Waals surface area contributed by atoms with Gasteiger partial charge in [-0.25, -0.2) is 19.2 Å². The molecule has 68 heavy (non-hydrogen) atoms. The average molecular weight is 931 g/mol. The maximum Gasteiger partial charge on any atom is 0.343 e. The second-order valence-corrected chi connectivity index (χ2v) is 17.2. The Kier molecular flexibility index (Phi) is 21.8. The molecule has 12 heteroatoms. The topological polar surface area (TPSA) is 150 Å². The smallest absolute Gasteiger partial charge is 0.343 e. The number of hydrogen-bond acceptors (Lipinski definition) is 12. The first kappa shape index (κ1) is 53.7. The van der Waals surface area contributed by atoms with Crippen LogP contribution in [0.1, 0.15) is 107 Å². The lowest BCUT2D eigenvalue weighted by molar-refractivity contribution is -0.156. The third-order valence-corrected chi connectivity index (χ3v) is 10.9. The van der Waals surface area contributed by atoms with Gasteiger partial charge in [0.15, 0.2) is 0 Å². The van der Waals surface area contributed by atoms with Crippen molar-refractivity contribution in [2.75, 3.05) is 33.0 Å². The molecule has 0 N–H and O–H groups in total. The van der Waals surface area contributed by atoms with E-state index in [1.54, 1.807) is 83.2 Å². The van der Waals surface area contributed by atoms with Crippen LogP contribution in [0.25, 0.3) is 17.2 Å². The van der Waals surface area contributed by atoms with E-state index in [1.165, 1.54) is 6.08 Å². The molecule has 0 saturated heterocycles. The van der Waals surface area contributed by atoms with Crippen LogP contribution in [-0.2, 0) is 33.4 Å². The van der Waals surface area contributed by atoms with E-state index in [9.17, 15) is 24.0 Å². The molecule has 362 valence electrons. The van der Waals surface area contributed by atoms with Crippen LogP contribution in [0.15, 0.2) is 121 Å². The number of unbranched alkanes of at least 4 members (excludes halogenated alkanes) is 4. The molecule has 1 unspecified atom stereocenters. The van der Waals surface area contributed by atoms with Crippen molar-refractivity contribution in [1.29, 1.82) is 0 Å². The molecule has 0 aliphatic rings. The molecule has 4 rings (SSSR count). The Labute approximate surface area is 401 Å². The van der Waals surface area contributed by atoms with E-state index in [-0.39, 0.29) is 31.1 Å². The predicted molar refractivity (Wildman–Crippen MR) is 263 cm³/mol. The standard InChI is InChI=1S/C56H66O12/c1-9-10-31-56(37-65-53(59)40(4)5,38-66-54(60)41(6)7)32-35-63-48-24-20-45(21-25-48)44-18-15-43(16-19-44)17-30-51(57)68-50-29-28-49(36-42(50)8)67-55(61)46-22-26-47(27-23-46)62-33-13-11-12-14-34-64-52(58)39(2)3/h15-30,36,41H,2,4,9-14,31-35,37-38H2,1,3,5-8H3/b30-17+. The SMILES string of the molecule is C=C(C)C(=O)OCCCCCCOc1ccc(C(=O)Oc2ccc(OC(=O)/C=C/c3ccc(-c4ccc(OCCC(CCCC)(COC(=O)C(=C)C)COC(=O)C(C)C)cc4)cc3)c(C)c2)cc1. The molecule has 0 aliphatic carbocycles. The maximum absolute atomic E-state index is 12.9. The zero-order valence-corrected chi connectivity index (χ0v) is 40.4. The minimum absolute atomic E-state index is 0.0898. The molecule has 0 aromatic heterocycles. The highest BCUT2D eigenvalue weighted by Crippen LogP contribution is 2.32. The largest absolute Gasteiger partial charge is 0.494 e. The van der Waals surface area contributed by atoms with Gasteiger partial charge >= 0.3 is 29.8 Å². The van der Waals surface area contributed by atoms with Crippen molar-refractivity contribution >= 4 is 35.9 Å². The van der Waals surface area contributed by atoms with Gasteiger partial charge in [-0.05, 0) is 142 Å². The van der Waals surface area contributed by atoms with E-state index in [4.69, 9.17) is 33.2 Å². The first-order chi connectivity index (χ1) is 32.6. The van der Waals surface area contributed by atoms with Crippen molar-refractivity contribution in [2.24, 2.45) is 11.3 Å². The summed E-state index contributed by atoms with van der Waals surface area (Å²) in [5.41, 5.74) is 3.81. The summed E-state index contributed by atoms with van der Waals surface area (Å²) in [4.78, 5) is 61.8. The van der Waals surface area contributed by atoms with Crippen molar-refractivity contribution in [3.8, 4) is 34.1 Å². The number of aryl methyl sites for hydroxylation is 1. The highest BCUT2D eigenvalue weighted by molar-refractivity contribution is 5.91. The highest BCUT2D eigenvalue weighted by Gasteiger charge is 2.34. The first-order valence-corrected chi connectivity index (χ1v) is 23.2. The summed E-state index contributed by atoms with van der Waals surface area (Å²) in [5.74, 6) is -0.568. The normalized spacial score (nSPS) is 11.9. The van der Waals surface area contributed by atoms with Gasteiger partial charge in [0, 0.05) is 22.6 Å². The zero-order valence-electron chi connectivity index (χ0n) is 40.4. The molecule has 0 aliphatic heterocycles. The zero-order chi connectivity index (χ0) is 49.5. The summed E-state index contributed by atoms with van der Waals surface area (Å²) < 4.78 is 39.5. The average Bonchev–Trinajstić information content (AvgIpc) is 3.33. The lowest BCUT2D eigenvalue weighted by atomic mass is 9.81. The van der Waals surface area contributed by atoms with E-state index in [0.29, 0.717) is 77.9 Å². The molecule has 4 aromatic carbocycles. The monoisotopic (exact) mass is 930 g/mol. The Bertz CT molecular complexity index is 2340. The third kappa shape index (κ3) is 18.4. The highest BCUT2D eigenvalue weighted by atomic mass is 16.6. The molecular formula is C56H66O12. The molecule has 1 atom stereocenters. The fraction of sp³-hybridized carbons (Fsp3) is 0.375. The van der Waals surface area contributed by atoms with Gasteiger partial charge in [-0.3, -0.25) is 4.79 Å². The Morgan fingerprint density at radius 2 is 1.18 bits per heavy atom. The van der Waals surface area contributed by atoms with Crippen LogP contribution >= 0.6 is 0 Å². The number of esters is 5. The number of carbonyl (C=O) groups is 5. The summed E-state index contributed by atoms with van der Waals surface area (Å²) in [7, 11) is 0. The van der Waals surface area contributed by atoms with Gasteiger partial charge in [-0.15, -0.1) is 0 Å². The molecule has 0 amide bonds. The second-order valence-electron chi connectivity index (χ2n) is 17.2. The maximum atomic E-state index is 12.9. The van der Waals surface area contributed by atoms with Crippen LogP contribution < -0.4 is 18.9 Å². The van der Waals surface area contributed by atoms with Gasteiger partial charge in [-0.2, -0.15) is 0 Å². The van der Waals surface area contributed by atoms with Crippen molar-refractivity contribution in [3.05, 3.63) is 138 Å². The number of hydrogen-bond donors (Lipinski definition) is 0. The molecule has 0 radical (unpaired) electrons. The summed E-state index contributed by atoms with van der Waals surface area (Å²) >= 11 is 0. The molecule has 0 saturated carbocycles. The number of benzene rings is 4. The minimum atomic E-state index is -0.606. The van der Waals surface area contributed by atoms with Gasteiger partial charge in [0.05, 0.1) is 31.3 Å². The van der Waals surface area contributed by atoms with E-state index < -0.39 is 23.3 Å². The van der Waals surface area contributed by atoms with Crippen molar-refractivity contribution < 1.29 is 57.1 Å². The molecule has 4 aromatic rings. The summed E-state index contributed by atoms with van der Waals surface area (Å²) in [6, 6.07) is 26.9. The molecule has 0 fully saturated rings. The number of carbonyl (C=O) groups excluding carboxylic acids is 5. The fourth-order valence-electron chi connectivity index (χ4n) is 6.65. The lowest BCUT2D eigenvalue weighted by Crippen LogP contribution is -2.37. The Morgan fingerprint density at radius 1 is 0.618 bits per heavy atom. The van der Waals surface area contributed by atoms with Crippen LogP contribution in [0.5, 0.6) is 23.0 Å². The fourth-order valence-corrected chi connectivity index (χ4v) is 6.65. The van der Waals surface area contributed by atoms with Crippen LogP contribution in [-0.4, -0.2) is 62.9 Å². The van der Waals surface area contributed by atoms with Crippen molar-refractivity contribution in [3.63, 3.8) is 0 Å².